The summed E-state index contributed by atoms with van der Waals surface area (Å²) in [5, 5.41) is 6.94. The van der Waals surface area contributed by atoms with Crippen molar-refractivity contribution in [1.29, 1.82) is 0 Å². The topological polar surface area (TPSA) is 76.7 Å². The van der Waals surface area contributed by atoms with Crippen molar-refractivity contribution in [2.45, 2.75) is 40.0 Å². The predicted molar refractivity (Wildman–Crippen MR) is 72.1 cm³/mol. The summed E-state index contributed by atoms with van der Waals surface area (Å²) in [5.74, 6) is 2.33. The first-order chi connectivity index (χ1) is 9.04. The van der Waals surface area contributed by atoms with Gasteiger partial charge >= 0.3 is 0 Å². The smallest absolute Gasteiger partial charge is 0.228 e. The van der Waals surface area contributed by atoms with Crippen LogP contribution in [0.15, 0.2) is 10.6 Å². The zero-order valence-electron chi connectivity index (χ0n) is 11.8. The second-order valence-electron chi connectivity index (χ2n) is 4.82. The van der Waals surface area contributed by atoms with Crippen LogP contribution in [-0.4, -0.2) is 26.7 Å². The number of hydrogen-bond acceptors (Lipinski definition) is 6. The molecule has 0 saturated carbocycles. The van der Waals surface area contributed by atoms with Crippen molar-refractivity contribution in [3.05, 3.63) is 29.2 Å². The fourth-order valence-electron chi connectivity index (χ4n) is 1.69. The summed E-state index contributed by atoms with van der Waals surface area (Å²) in [7, 11) is 0. The minimum atomic E-state index is 0.390. The first-order valence-electron chi connectivity index (χ1n) is 6.43. The molecular formula is C13H19N5O. The molecule has 0 aliphatic rings. The molecule has 0 amide bonds. The highest BCUT2D eigenvalue weighted by molar-refractivity contribution is 5.29. The van der Waals surface area contributed by atoms with E-state index < -0.39 is 0 Å². The average Bonchev–Trinajstić information content (AvgIpc) is 2.74. The molecule has 6 heteroatoms. The number of nitrogens with one attached hydrogen (secondary N) is 1. The zero-order valence-corrected chi connectivity index (χ0v) is 11.8. The lowest BCUT2D eigenvalue weighted by Crippen LogP contribution is -2.10. The van der Waals surface area contributed by atoms with Crippen molar-refractivity contribution >= 4 is 5.95 Å². The summed E-state index contributed by atoms with van der Waals surface area (Å²) in [6.45, 7) is 8.68. The highest BCUT2D eigenvalue weighted by Crippen LogP contribution is 2.14. The summed E-state index contributed by atoms with van der Waals surface area (Å²) in [6.07, 6.45) is 0.662. The van der Waals surface area contributed by atoms with Gasteiger partial charge in [0, 0.05) is 24.4 Å². The van der Waals surface area contributed by atoms with E-state index in [-0.39, 0.29) is 0 Å². The maximum atomic E-state index is 5.05. The number of nitrogens with zero attached hydrogens (tertiary/aromatic N) is 4. The molecule has 2 aromatic heterocycles. The Hall–Kier alpha value is -1.98. The van der Waals surface area contributed by atoms with Gasteiger partial charge in [0.25, 0.3) is 0 Å². The summed E-state index contributed by atoms with van der Waals surface area (Å²) < 4.78 is 5.05. The van der Waals surface area contributed by atoms with Crippen LogP contribution in [0, 0.1) is 13.8 Å². The van der Waals surface area contributed by atoms with E-state index in [1.807, 2.05) is 13.0 Å². The molecule has 2 heterocycles. The Labute approximate surface area is 112 Å². The monoisotopic (exact) mass is 261 g/mol. The molecule has 0 aliphatic heterocycles. The van der Waals surface area contributed by atoms with E-state index in [2.05, 4.69) is 39.3 Å². The number of rotatable bonds is 5. The molecule has 19 heavy (non-hydrogen) atoms. The first-order valence-corrected chi connectivity index (χ1v) is 6.43. The van der Waals surface area contributed by atoms with Crippen LogP contribution in [0.2, 0.25) is 0 Å². The van der Waals surface area contributed by atoms with Crippen molar-refractivity contribution in [1.82, 2.24) is 20.1 Å². The molecule has 0 bridgehead atoms. The molecule has 0 radical (unpaired) electrons. The third-order valence-electron chi connectivity index (χ3n) is 2.66. The minimum absolute atomic E-state index is 0.390. The molecular weight excluding hydrogens is 242 g/mol. The van der Waals surface area contributed by atoms with E-state index in [9.17, 15) is 0 Å². The SMILES string of the molecule is Cc1cc(C(C)C)nc(NCCc2nc(C)no2)n1. The molecule has 0 unspecified atom stereocenters. The van der Waals surface area contributed by atoms with Gasteiger partial charge in [0.05, 0.1) is 0 Å². The van der Waals surface area contributed by atoms with Crippen LogP contribution in [0.4, 0.5) is 5.95 Å². The van der Waals surface area contributed by atoms with Crippen molar-refractivity contribution in [3.63, 3.8) is 0 Å². The highest BCUT2D eigenvalue weighted by Gasteiger charge is 2.06. The van der Waals surface area contributed by atoms with Crippen LogP contribution < -0.4 is 5.32 Å². The molecule has 1 N–H and O–H groups in total. The highest BCUT2D eigenvalue weighted by atomic mass is 16.5. The molecule has 6 nitrogen and oxygen atoms in total. The summed E-state index contributed by atoms with van der Waals surface area (Å²) in [6, 6.07) is 2.01. The van der Waals surface area contributed by atoms with Gasteiger partial charge in [-0.1, -0.05) is 19.0 Å². The summed E-state index contributed by atoms with van der Waals surface area (Å²) in [5.41, 5.74) is 2.01. The maximum absolute atomic E-state index is 5.05. The van der Waals surface area contributed by atoms with Crippen LogP contribution in [0.3, 0.4) is 0 Å². The molecule has 0 aromatic carbocycles. The van der Waals surface area contributed by atoms with E-state index in [0.29, 0.717) is 36.5 Å². The summed E-state index contributed by atoms with van der Waals surface area (Å²) >= 11 is 0. The van der Waals surface area contributed by atoms with E-state index in [1.54, 1.807) is 6.92 Å². The lowest BCUT2D eigenvalue weighted by Gasteiger charge is -2.09. The molecule has 0 atom stereocenters. The zero-order chi connectivity index (χ0) is 13.8. The average molecular weight is 261 g/mol. The van der Waals surface area contributed by atoms with Crippen LogP contribution in [0.25, 0.3) is 0 Å². The van der Waals surface area contributed by atoms with Gasteiger partial charge < -0.3 is 9.84 Å². The van der Waals surface area contributed by atoms with E-state index in [0.717, 1.165) is 11.4 Å². The van der Waals surface area contributed by atoms with Gasteiger partial charge in [-0.25, -0.2) is 9.97 Å². The second-order valence-corrected chi connectivity index (χ2v) is 4.82. The fourth-order valence-corrected chi connectivity index (χ4v) is 1.69. The fraction of sp³-hybridized carbons (Fsp3) is 0.538. The molecule has 0 saturated heterocycles. The quantitative estimate of drug-likeness (QED) is 0.889. The van der Waals surface area contributed by atoms with Gasteiger partial charge in [-0.15, -0.1) is 0 Å². The lowest BCUT2D eigenvalue weighted by atomic mass is 10.1. The Balaban J connectivity index is 1.95. The Bertz CT molecular complexity index is 550. The normalized spacial score (nSPS) is 11.0. The predicted octanol–water partition coefficient (Wildman–Crippen LogP) is 2.25. The van der Waals surface area contributed by atoms with E-state index in [1.165, 1.54) is 0 Å². The number of aromatic nitrogens is 4. The molecule has 0 fully saturated rings. The van der Waals surface area contributed by atoms with Gasteiger partial charge in [-0.2, -0.15) is 4.98 Å². The molecule has 102 valence electrons. The van der Waals surface area contributed by atoms with Crippen molar-refractivity contribution in [2.24, 2.45) is 0 Å². The van der Waals surface area contributed by atoms with Crippen LogP contribution in [0.1, 0.15) is 42.9 Å². The Kier molecular flexibility index (Phi) is 4.09. The van der Waals surface area contributed by atoms with Gasteiger partial charge in [-0.3, -0.25) is 0 Å². The first kappa shape index (κ1) is 13.5. The van der Waals surface area contributed by atoms with Crippen LogP contribution >= 0.6 is 0 Å². The molecule has 0 spiro atoms. The van der Waals surface area contributed by atoms with Crippen molar-refractivity contribution in [2.75, 3.05) is 11.9 Å². The van der Waals surface area contributed by atoms with Crippen molar-refractivity contribution in [3.8, 4) is 0 Å². The molecule has 2 aromatic rings. The Morgan fingerprint density at radius 1 is 1.21 bits per heavy atom. The Morgan fingerprint density at radius 3 is 2.63 bits per heavy atom. The van der Waals surface area contributed by atoms with Gasteiger partial charge in [0.15, 0.2) is 5.82 Å². The minimum Gasteiger partial charge on any atom is -0.354 e. The number of aryl methyl sites for hydroxylation is 2. The number of hydrogen-bond donors (Lipinski definition) is 1. The maximum Gasteiger partial charge on any atom is 0.228 e. The van der Waals surface area contributed by atoms with E-state index >= 15 is 0 Å². The van der Waals surface area contributed by atoms with E-state index in [4.69, 9.17) is 4.52 Å². The molecule has 2 rings (SSSR count). The lowest BCUT2D eigenvalue weighted by molar-refractivity contribution is 0.377. The number of anilines is 1. The van der Waals surface area contributed by atoms with Crippen molar-refractivity contribution < 1.29 is 4.52 Å². The summed E-state index contributed by atoms with van der Waals surface area (Å²) in [4.78, 5) is 13.0. The van der Waals surface area contributed by atoms with Gasteiger partial charge in [0.2, 0.25) is 11.8 Å². The third-order valence-corrected chi connectivity index (χ3v) is 2.66. The second kappa shape index (κ2) is 5.77. The van der Waals surface area contributed by atoms with Crippen LogP contribution in [-0.2, 0) is 6.42 Å². The van der Waals surface area contributed by atoms with Gasteiger partial charge in [-0.05, 0) is 25.8 Å². The Morgan fingerprint density at radius 2 is 2.00 bits per heavy atom. The van der Waals surface area contributed by atoms with Crippen LogP contribution in [0.5, 0.6) is 0 Å². The van der Waals surface area contributed by atoms with Gasteiger partial charge in [0.1, 0.15) is 0 Å². The third kappa shape index (κ3) is 3.74. The largest absolute Gasteiger partial charge is 0.354 e. The standard InChI is InChI=1S/C13H19N5O/c1-8(2)11-7-9(3)15-13(17-11)14-6-5-12-16-10(4)18-19-12/h7-8H,5-6H2,1-4H3,(H,14,15,17). The molecule has 0 aliphatic carbocycles.